The van der Waals surface area contributed by atoms with Gasteiger partial charge in [0.05, 0.1) is 6.42 Å². The van der Waals surface area contributed by atoms with Gasteiger partial charge in [-0.3, -0.25) is 4.79 Å². The van der Waals surface area contributed by atoms with E-state index in [1.807, 2.05) is 0 Å². The quantitative estimate of drug-likeness (QED) is 0.803. The van der Waals surface area contributed by atoms with Crippen molar-refractivity contribution in [2.75, 3.05) is 6.54 Å². The van der Waals surface area contributed by atoms with Gasteiger partial charge in [0.15, 0.2) is 0 Å². The Balaban J connectivity index is 2.34. The van der Waals surface area contributed by atoms with Gasteiger partial charge in [-0.25, -0.2) is 8.42 Å². The fourth-order valence-electron chi connectivity index (χ4n) is 1.29. The number of amides is 1. The molecule has 0 aromatic carbocycles. The summed E-state index contributed by atoms with van der Waals surface area (Å²) in [4.78, 5) is 11.8. The van der Waals surface area contributed by atoms with E-state index >= 15 is 0 Å². The van der Waals surface area contributed by atoms with Gasteiger partial charge < -0.3 is 5.32 Å². The molecule has 1 amide bonds. The smallest absolute Gasteiger partial charge is 0.356 e. The van der Waals surface area contributed by atoms with Gasteiger partial charge in [-0.2, -0.15) is 13.2 Å². The maximum Gasteiger partial charge on any atom is 0.389 e. The van der Waals surface area contributed by atoms with Crippen LogP contribution in [0.15, 0.2) is 16.3 Å². The summed E-state index contributed by atoms with van der Waals surface area (Å²) < 4.78 is 57.6. The normalized spacial score (nSPS) is 12.4. The predicted molar refractivity (Wildman–Crippen MR) is 69.4 cm³/mol. The molecule has 0 saturated heterocycles. The second-order valence-electron chi connectivity index (χ2n) is 3.87. The molecule has 1 aromatic heterocycles. The molecule has 10 heteroatoms. The monoisotopic (exact) mass is 349 g/mol. The minimum atomic E-state index is -4.35. The maximum absolute atomic E-state index is 11.9. The molecule has 0 radical (unpaired) electrons. The van der Waals surface area contributed by atoms with Crippen LogP contribution in [0.4, 0.5) is 13.2 Å². The van der Waals surface area contributed by atoms with Crippen molar-refractivity contribution >= 4 is 37.0 Å². The lowest BCUT2D eigenvalue weighted by Crippen LogP contribution is -2.26. The summed E-state index contributed by atoms with van der Waals surface area (Å²) in [6.45, 7) is 0.138. The van der Waals surface area contributed by atoms with Gasteiger partial charge in [0.2, 0.25) is 5.91 Å². The van der Waals surface area contributed by atoms with E-state index in [0.29, 0.717) is 11.3 Å². The van der Waals surface area contributed by atoms with Gasteiger partial charge in [0.25, 0.3) is 9.05 Å². The Labute approximate surface area is 122 Å². The summed E-state index contributed by atoms with van der Waals surface area (Å²) in [5, 5.41) is 2.34. The van der Waals surface area contributed by atoms with E-state index in [9.17, 15) is 26.4 Å². The summed E-state index contributed by atoms with van der Waals surface area (Å²) in [6, 6.07) is 2.88. The van der Waals surface area contributed by atoms with E-state index in [4.69, 9.17) is 10.7 Å². The van der Waals surface area contributed by atoms with E-state index in [-0.39, 0.29) is 10.8 Å². The highest BCUT2D eigenvalue weighted by molar-refractivity contribution is 8.15. The number of hydrogen-bond donors (Lipinski definition) is 1. The lowest BCUT2D eigenvalue weighted by Gasteiger charge is -2.06. The van der Waals surface area contributed by atoms with Gasteiger partial charge in [0.1, 0.15) is 4.21 Å². The predicted octanol–water partition coefficient (Wildman–Crippen LogP) is 2.68. The molecule has 0 unspecified atom stereocenters. The molecule has 0 saturated carbocycles. The average Bonchev–Trinajstić information content (AvgIpc) is 2.74. The molecule has 0 bridgehead atoms. The van der Waals surface area contributed by atoms with Crippen molar-refractivity contribution in [3.63, 3.8) is 0 Å². The Bertz CT molecular complexity index is 569. The Morgan fingerprint density at radius 3 is 2.50 bits per heavy atom. The van der Waals surface area contributed by atoms with Crippen LogP contribution in [0, 0.1) is 0 Å². The highest BCUT2D eigenvalue weighted by atomic mass is 35.7. The van der Waals surface area contributed by atoms with E-state index < -0.39 is 34.0 Å². The zero-order valence-corrected chi connectivity index (χ0v) is 12.4. The summed E-state index contributed by atoms with van der Waals surface area (Å²) in [6.07, 6.45) is -5.80. The van der Waals surface area contributed by atoms with Crippen molar-refractivity contribution in [1.29, 1.82) is 0 Å². The lowest BCUT2D eigenvalue weighted by atomic mass is 10.3. The van der Waals surface area contributed by atoms with Gasteiger partial charge in [0, 0.05) is 28.5 Å². The third-order valence-corrected chi connectivity index (χ3v) is 5.44. The number of carbonyl (C=O) groups is 1. The van der Waals surface area contributed by atoms with Crippen LogP contribution < -0.4 is 5.32 Å². The van der Waals surface area contributed by atoms with Crippen LogP contribution in [0.2, 0.25) is 0 Å². The molecule has 20 heavy (non-hydrogen) atoms. The highest BCUT2D eigenvalue weighted by Gasteiger charge is 2.27. The topological polar surface area (TPSA) is 63.2 Å². The Kier molecular flexibility index (Phi) is 5.84. The minimum absolute atomic E-state index is 0.00225. The molecule has 0 fully saturated rings. The number of hydrogen-bond acceptors (Lipinski definition) is 4. The number of nitrogens with one attached hydrogen (secondary N) is 1. The second-order valence-corrected chi connectivity index (χ2v) is 7.83. The van der Waals surface area contributed by atoms with Gasteiger partial charge in [-0.05, 0) is 18.6 Å². The summed E-state index contributed by atoms with van der Waals surface area (Å²) in [5.74, 6) is -0.691. The molecule has 0 aliphatic carbocycles. The number of carbonyl (C=O) groups excluding carboxylic acids is 1. The molecule has 0 atom stereocenters. The fraction of sp³-hybridized carbons (Fsp3) is 0.500. The Morgan fingerprint density at radius 1 is 1.35 bits per heavy atom. The molecule has 0 spiro atoms. The third-order valence-electron chi connectivity index (χ3n) is 2.21. The van der Waals surface area contributed by atoms with Crippen LogP contribution in [0.25, 0.3) is 0 Å². The van der Waals surface area contributed by atoms with E-state index in [1.165, 1.54) is 6.07 Å². The highest BCUT2D eigenvalue weighted by Crippen LogP contribution is 2.25. The molecular weight excluding hydrogens is 339 g/mol. The first-order valence-corrected chi connectivity index (χ1v) is 8.57. The fourth-order valence-corrected chi connectivity index (χ4v) is 3.41. The van der Waals surface area contributed by atoms with E-state index in [1.54, 1.807) is 6.07 Å². The van der Waals surface area contributed by atoms with Crippen molar-refractivity contribution in [3.05, 3.63) is 17.0 Å². The number of halogens is 4. The van der Waals surface area contributed by atoms with Crippen LogP contribution in [-0.2, 0) is 20.3 Å². The Morgan fingerprint density at radius 2 is 2.00 bits per heavy atom. The number of thiophene rings is 1. The molecule has 1 N–H and O–H groups in total. The van der Waals surface area contributed by atoms with Crippen molar-refractivity contribution < 1.29 is 26.4 Å². The van der Waals surface area contributed by atoms with Crippen LogP contribution in [-0.4, -0.2) is 27.0 Å². The first-order chi connectivity index (χ1) is 9.08. The van der Waals surface area contributed by atoms with Crippen molar-refractivity contribution in [2.45, 2.75) is 29.6 Å². The van der Waals surface area contributed by atoms with Crippen LogP contribution in [0.3, 0.4) is 0 Å². The molecule has 1 heterocycles. The summed E-state index contributed by atoms with van der Waals surface area (Å²) in [7, 11) is 1.38. The average molecular weight is 350 g/mol. The van der Waals surface area contributed by atoms with Gasteiger partial charge in [-0.15, -0.1) is 11.3 Å². The molecular formula is C10H11ClF3NO3S2. The van der Waals surface area contributed by atoms with Gasteiger partial charge >= 0.3 is 6.18 Å². The molecule has 0 aliphatic heterocycles. The van der Waals surface area contributed by atoms with E-state index in [2.05, 4.69) is 5.32 Å². The molecule has 114 valence electrons. The SMILES string of the molecule is O=C(CCC(F)(F)F)NCCc1ccc(S(=O)(=O)Cl)s1. The van der Waals surface area contributed by atoms with E-state index in [0.717, 1.165) is 11.3 Å². The molecule has 1 rings (SSSR count). The van der Waals surface area contributed by atoms with Crippen LogP contribution >= 0.6 is 22.0 Å². The molecule has 0 aliphatic rings. The molecule has 4 nitrogen and oxygen atoms in total. The first-order valence-electron chi connectivity index (χ1n) is 5.45. The summed E-state index contributed by atoms with van der Waals surface area (Å²) in [5.41, 5.74) is 0. The standard InChI is InChI=1S/C10H11ClF3NO3S2/c11-20(17,18)9-2-1-7(19-9)4-6-15-8(16)3-5-10(12,13)14/h1-2H,3-6H2,(H,15,16). The minimum Gasteiger partial charge on any atom is -0.356 e. The maximum atomic E-state index is 11.9. The van der Waals surface area contributed by atoms with Crippen LogP contribution in [0.1, 0.15) is 17.7 Å². The summed E-state index contributed by atoms with van der Waals surface area (Å²) >= 11 is 0.958. The third kappa shape index (κ3) is 6.58. The van der Waals surface area contributed by atoms with Crippen molar-refractivity contribution in [2.24, 2.45) is 0 Å². The second kappa shape index (κ2) is 6.77. The zero-order valence-electron chi connectivity index (χ0n) is 10.0. The van der Waals surface area contributed by atoms with Crippen molar-refractivity contribution in [1.82, 2.24) is 5.32 Å². The van der Waals surface area contributed by atoms with Crippen molar-refractivity contribution in [3.8, 4) is 0 Å². The Hall–Kier alpha value is -0.800. The first kappa shape index (κ1) is 17.3. The van der Waals surface area contributed by atoms with Crippen LogP contribution in [0.5, 0.6) is 0 Å². The zero-order chi connectivity index (χ0) is 15.4. The number of rotatable bonds is 6. The largest absolute Gasteiger partial charge is 0.389 e. The molecule has 1 aromatic rings. The number of alkyl halides is 3. The van der Waals surface area contributed by atoms with Gasteiger partial charge in [-0.1, -0.05) is 0 Å². The lowest BCUT2D eigenvalue weighted by molar-refractivity contribution is -0.144.